The highest BCUT2D eigenvalue weighted by atomic mass is 35.5. The molecule has 30 heavy (non-hydrogen) atoms. The second kappa shape index (κ2) is 9.38. The van der Waals surface area contributed by atoms with E-state index in [4.69, 9.17) is 48.7 Å². The van der Waals surface area contributed by atoms with Crippen LogP contribution in [0.5, 0.6) is 5.75 Å². The highest BCUT2D eigenvalue weighted by molar-refractivity contribution is 6.44. The minimum atomic E-state index is -1.12. The number of carbonyl (C=O) groups excluding carboxylic acids is 2. The molecular formula is C20H14Cl3NO6. The number of esters is 1. The molecule has 1 unspecified atom stereocenters. The van der Waals surface area contributed by atoms with E-state index in [2.05, 4.69) is 5.32 Å². The van der Waals surface area contributed by atoms with Crippen molar-refractivity contribution in [2.75, 3.05) is 11.9 Å². The standard InChI is InChI=1S/C20H14Cl3NO6/c1-10(20(27)24-16-8-14(22)13(21)7-15(16)23)29-19(26)9-28-12-4-2-11-3-5-18(25)30-17(11)6-12/h2-8,10H,9H2,1H3,(H,24,27). The van der Waals surface area contributed by atoms with E-state index in [1.54, 1.807) is 18.2 Å². The molecule has 0 saturated carbocycles. The van der Waals surface area contributed by atoms with E-state index in [9.17, 15) is 14.4 Å². The lowest BCUT2D eigenvalue weighted by Crippen LogP contribution is -2.31. The van der Waals surface area contributed by atoms with Crippen LogP contribution < -0.4 is 15.7 Å². The number of amides is 1. The fraction of sp³-hybridized carbons (Fsp3) is 0.150. The number of benzene rings is 2. The third-order valence-electron chi connectivity index (χ3n) is 3.90. The van der Waals surface area contributed by atoms with Gasteiger partial charge in [-0.15, -0.1) is 0 Å². The average Bonchev–Trinajstić information content (AvgIpc) is 2.70. The molecule has 0 aliphatic heterocycles. The van der Waals surface area contributed by atoms with Gasteiger partial charge in [0, 0.05) is 17.5 Å². The summed E-state index contributed by atoms with van der Waals surface area (Å²) < 4.78 is 15.5. The summed E-state index contributed by atoms with van der Waals surface area (Å²) in [6.45, 7) is 0.942. The van der Waals surface area contributed by atoms with Gasteiger partial charge in [-0.2, -0.15) is 0 Å². The summed E-state index contributed by atoms with van der Waals surface area (Å²) in [5, 5.41) is 3.84. The second-order valence-electron chi connectivity index (χ2n) is 6.11. The van der Waals surface area contributed by atoms with Crippen molar-refractivity contribution < 1.29 is 23.5 Å². The van der Waals surface area contributed by atoms with Crippen LogP contribution in [0.25, 0.3) is 11.0 Å². The minimum Gasteiger partial charge on any atom is -0.482 e. The molecule has 0 aliphatic rings. The summed E-state index contributed by atoms with van der Waals surface area (Å²) in [7, 11) is 0. The molecule has 1 heterocycles. The van der Waals surface area contributed by atoms with E-state index in [1.165, 1.54) is 31.2 Å². The van der Waals surface area contributed by atoms with Crippen LogP contribution in [0.15, 0.2) is 51.7 Å². The molecule has 7 nitrogen and oxygen atoms in total. The summed E-state index contributed by atoms with van der Waals surface area (Å²) in [6, 6.07) is 10.5. The van der Waals surface area contributed by atoms with Gasteiger partial charge < -0.3 is 19.2 Å². The third kappa shape index (κ3) is 5.44. The summed E-state index contributed by atoms with van der Waals surface area (Å²) in [4.78, 5) is 35.5. The number of hydrogen-bond acceptors (Lipinski definition) is 6. The number of halogens is 3. The van der Waals surface area contributed by atoms with Gasteiger partial charge in [-0.05, 0) is 37.3 Å². The van der Waals surface area contributed by atoms with E-state index >= 15 is 0 Å². The van der Waals surface area contributed by atoms with E-state index in [-0.39, 0.29) is 20.8 Å². The Balaban J connectivity index is 1.56. The van der Waals surface area contributed by atoms with Crippen LogP contribution in [-0.4, -0.2) is 24.6 Å². The maximum absolute atomic E-state index is 12.2. The van der Waals surface area contributed by atoms with Crippen molar-refractivity contribution in [1.29, 1.82) is 0 Å². The molecule has 3 aromatic rings. The molecule has 1 amide bonds. The van der Waals surface area contributed by atoms with Crippen molar-refractivity contribution >= 4 is 63.3 Å². The SMILES string of the molecule is CC(OC(=O)COc1ccc2ccc(=O)oc2c1)C(=O)Nc1cc(Cl)c(Cl)cc1Cl. The zero-order valence-corrected chi connectivity index (χ0v) is 17.7. The van der Waals surface area contributed by atoms with Crippen LogP contribution in [0.2, 0.25) is 15.1 Å². The Morgan fingerprint density at radius 2 is 1.73 bits per heavy atom. The van der Waals surface area contributed by atoms with Crippen molar-refractivity contribution in [3.8, 4) is 5.75 Å². The first-order chi connectivity index (χ1) is 14.2. The monoisotopic (exact) mass is 469 g/mol. The van der Waals surface area contributed by atoms with Gasteiger partial charge in [-0.1, -0.05) is 34.8 Å². The molecule has 3 rings (SSSR count). The Hall–Kier alpha value is -2.74. The molecule has 156 valence electrons. The molecule has 0 bridgehead atoms. The summed E-state index contributed by atoms with van der Waals surface area (Å²) >= 11 is 17.8. The highest BCUT2D eigenvalue weighted by Crippen LogP contribution is 2.32. The Morgan fingerprint density at radius 3 is 2.50 bits per heavy atom. The quantitative estimate of drug-likeness (QED) is 0.319. The molecule has 0 spiro atoms. The molecule has 0 aliphatic carbocycles. The number of hydrogen-bond donors (Lipinski definition) is 1. The zero-order valence-electron chi connectivity index (χ0n) is 15.4. The van der Waals surface area contributed by atoms with Gasteiger partial charge in [0.2, 0.25) is 0 Å². The van der Waals surface area contributed by atoms with Crippen LogP contribution >= 0.6 is 34.8 Å². The van der Waals surface area contributed by atoms with Gasteiger partial charge in [-0.25, -0.2) is 9.59 Å². The van der Waals surface area contributed by atoms with Crippen molar-refractivity contribution in [3.63, 3.8) is 0 Å². The average molecular weight is 471 g/mol. The molecule has 1 atom stereocenters. The van der Waals surface area contributed by atoms with Gasteiger partial charge in [0.1, 0.15) is 11.3 Å². The first-order valence-electron chi connectivity index (χ1n) is 8.54. The van der Waals surface area contributed by atoms with Gasteiger partial charge in [-0.3, -0.25) is 4.79 Å². The first kappa shape index (κ1) is 22.0. The van der Waals surface area contributed by atoms with Crippen molar-refractivity contribution in [2.45, 2.75) is 13.0 Å². The Kier molecular flexibility index (Phi) is 6.87. The third-order valence-corrected chi connectivity index (χ3v) is 4.93. The number of ether oxygens (including phenoxy) is 2. The number of fused-ring (bicyclic) bond motifs is 1. The van der Waals surface area contributed by atoms with Gasteiger partial charge in [0.25, 0.3) is 5.91 Å². The predicted octanol–water partition coefficient (Wildman–Crippen LogP) is 4.70. The van der Waals surface area contributed by atoms with Crippen LogP contribution in [0.1, 0.15) is 6.92 Å². The normalized spacial score (nSPS) is 11.7. The fourth-order valence-corrected chi connectivity index (χ4v) is 3.00. The fourth-order valence-electron chi connectivity index (χ4n) is 2.41. The lowest BCUT2D eigenvalue weighted by molar-refractivity contribution is -0.155. The Bertz CT molecular complexity index is 1180. The summed E-state index contributed by atoms with van der Waals surface area (Å²) in [5.41, 5.74) is 0.0495. The maximum atomic E-state index is 12.2. The summed E-state index contributed by atoms with van der Waals surface area (Å²) in [6.07, 6.45) is -1.12. The smallest absolute Gasteiger partial charge is 0.344 e. The molecule has 10 heteroatoms. The molecule has 0 saturated heterocycles. The number of nitrogens with one attached hydrogen (secondary N) is 1. The number of anilines is 1. The van der Waals surface area contributed by atoms with Crippen LogP contribution in [0, 0.1) is 0 Å². The van der Waals surface area contributed by atoms with Crippen molar-refractivity contribution in [2.24, 2.45) is 0 Å². The van der Waals surface area contributed by atoms with E-state index in [1.807, 2.05) is 0 Å². The number of rotatable bonds is 6. The highest BCUT2D eigenvalue weighted by Gasteiger charge is 2.20. The van der Waals surface area contributed by atoms with Crippen molar-refractivity contribution in [1.82, 2.24) is 0 Å². The van der Waals surface area contributed by atoms with E-state index < -0.39 is 30.2 Å². The minimum absolute atomic E-state index is 0.183. The van der Waals surface area contributed by atoms with E-state index in [0.29, 0.717) is 16.7 Å². The zero-order chi connectivity index (χ0) is 21.8. The predicted molar refractivity (Wildman–Crippen MR) is 114 cm³/mol. The van der Waals surface area contributed by atoms with E-state index in [0.717, 1.165) is 0 Å². The molecule has 0 radical (unpaired) electrons. The lowest BCUT2D eigenvalue weighted by Gasteiger charge is -2.15. The van der Waals surface area contributed by atoms with Gasteiger partial charge >= 0.3 is 11.6 Å². The Labute approximate surface area is 185 Å². The molecule has 2 aromatic carbocycles. The molecule has 1 N–H and O–H groups in total. The van der Waals surface area contributed by atoms with Crippen LogP contribution in [0.3, 0.4) is 0 Å². The first-order valence-corrected chi connectivity index (χ1v) is 9.68. The van der Waals surface area contributed by atoms with Crippen molar-refractivity contribution in [3.05, 3.63) is 68.0 Å². The number of carbonyl (C=O) groups is 2. The lowest BCUT2D eigenvalue weighted by atomic mass is 10.2. The van der Waals surface area contributed by atoms with Crippen LogP contribution in [0.4, 0.5) is 5.69 Å². The second-order valence-corrected chi connectivity index (χ2v) is 7.33. The summed E-state index contributed by atoms with van der Waals surface area (Å²) in [5.74, 6) is -1.09. The molecule has 1 aromatic heterocycles. The Morgan fingerprint density at radius 1 is 1.03 bits per heavy atom. The van der Waals surface area contributed by atoms with Crippen LogP contribution in [-0.2, 0) is 14.3 Å². The van der Waals surface area contributed by atoms with Gasteiger partial charge in [0.05, 0.1) is 20.8 Å². The largest absolute Gasteiger partial charge is 0.482 e. The molecular weight excluding hydrogens is 457 g/mol. The topological polar surface area (TPSA) is 94.8 Å². The van der Waals surface area contributed by atoms with Gasteiger partial charge in [0.15, 0.2) is 12.7 Å². The maximum Gasteiger partial charge on any atom is 0.344 e. The molecule has 0 fully saturated rings.